The second-order valence-electron chi connectivity index (χ2n) is 7.58. The van der Waals surface area contributed by atoms with Crippen molar-refractivity contribution in [3.05, 3.63) is 58.9 Å². The number of hydrogen-bond acceptors (Lipinski definition) is 3. The lowest BCUT2D eigenvalue weighted by Crippen LogP contribution is -2.32. The molecular weight excluding hydrogens is 373 g/mol. The fourth-order valence-electron chi connectivity index (χ4n) is 4.10. The molecule has 0 unspecified atom stereocenters. The van der Waals surface area contributed by atoms with E-state index < -0.39 is 6.17 Å². The molecule has 1 aromatic carbocycles. The summed E-state index contributed by atoms with van der Waals surface area (Å²) in [6.07, 6.45) is 0.141. The molecule has 0 saturated carbocycles. The standard InChI is InChI=1S/C22H26FN3O3/c1-2-18(15-6-4-3-5-7-15)24-21(27)17-12-19(26-10-11-29-14-20(17)26)22(28)25-9-8-16(23)13-25/h3-7,12,16,18H,2,8-11,13-14H2,1H3,(H,24,27)/t16-,18+/m0/s1. The van der Waals surface area contributed by atoms with E-state index in [1.807, 2.05) is 41.8 Å². The molecule has 2 amide bonds. The highest BCUT2D eigenvalue weighted by atomic mass is 19.1. The molecule has 6 nitrogen and oxygen atoms in total. The SMILES string of the molecule is CC[C@@H](NC(=O)c1cc(C(=O)N2CC[C@H](F)C2)n2c1COCC2)c1ccccc1. The monoisotopic (exact) mass is 399 g/mol. The maximum atomic E-state index is 13.6. The number of likely N-dealkylation sites (tertiary alicyclic amines) is 1. The number of rotatable bonds is 5. The summed E-state index contributed by atoms with van der Waals surface area (Å²) in [5.41, 5.74) is 2.64. The molecule has 0 spiro atoms. The van der Waals surface area contributed by atoms with Crippen molar-refractivity contribution in [3.63, 3.8) is 0 Å². The quantitative estimate of drug-likeness (QED) is 0.840. The second-order valence-corrected chi connectivity index (χ2v) is 7.58. The molecule has 29 heavy (non-hydrogen) atoms. The number of alkyl halides is 1. The van der Waals surface area contributed by atoms with Crippen LogP contribution in [0.3, 0.4) is 0 Å². The van der Waals surface area contributed by atoms with E-state index in [-0.39, 0.29) is 31.0 Å². The van der Waals surface area contributed by atoms with Crippen LogP contribution in [-0.4, -0.2) is 47.1 Å². The van der Waals surface area contributed by atoms with Gasteiger partial charge in [-0.1, -0.05) is 37.3 Å². The van der Waals surface area contributed by atoms with Crippen LogP contribution in [0.4, 0.5) is 4.39 Å². The molecule has 0 aliphatic carbocycles. The summed E-state index contributed by atoms with van der Waals surface area (Å²) in [6, 6.07) is 11.3. The minimum atomic E-state index is -0.975. The van der Waals surface area contributed by atoms with Crippen LogP contribution in [0.15, 0.2) is 36.4 Å². The van der Waals surface area contributed by atoms with Crippen LogP contribution in [0.1, 0.15) is 57.9 Å². The Bertz CT molecular complexity index is 896. The predicted octanol–water partition coefficient (Wildman–Crippen LogP) is 3.08. The molecule has 7 heteroatoms. The normalized spacial score (nSPS) is 19.7. The highest BCUT2D eigenvalue weighted by molar-refractivity contribution is 6.01. The molecule has 3 heterocycles. The van der Waals surface area contributed by atoms with Crippen molar-refractivity contribution in [1.29, 1.82) is 0 Å². The number of carbonyl (C=O) groups is 2. The molecule has 2 atom stereocenters. The maximum Gasteiger partial charge on any atom is 0.270 e. The smallest absolute Gasteiger partial charge is 0.270 e. The molecule has 2 aromatic rings. The van der Waals surface area contributed by atoms with Gasteiger partial charge >= 0.3 is 0 Å². The van der Waals surface area contributed by atoms with Gasteiger partial charge in [0, 0.05) is 13.1 Å². The number of aromatic nitrogens is 1. The van der Waals surface area contributed by atoms with Crippen LogP contribution < -0.4 is 5.32 Å². The van der Waals surface area contributed by atoms with E-state index in [9.17, 15) is 14.0 Å². The summed E-state index contributed by atoms with van der Waals surface area (Å²) in [7, 11) is 0. The first kappa shape index (κ1) is 19.6. The zero-order valence-corrected chi connectivity index (χ0v) is 16.6. The van der Waals surface area contributed by atoms with Gasteiger partial charge in [-0.3, -0.25) is 9.59 Å². The van der Waals surface area contributed by atoms with Crippen molar-refractivity contribution in [2.75, 3.05) is 19.7 Å². The Morgan fingerprint density at radius 3 is 2.76 bits per heavy atom. The van der Waals surface area contributed by atoms with Gasteiger partial charge < -0.3 is 19.5 Å². The highest BCUT2D eigenvalue weighted by Crippen LogP contribution is 2.25. The third kappa shape index (κ3) is 3.92. The Morgan fingerprint density at radius 2 is 2.07 bits per heavy atom. The number of fused-ring (bicyclic) bond motifs is 1. The molecule has 2 aliphatic rings. The van der Waals surface area contributed by atoms with Gasteiger partial charge in [-0.25, -0.2) is 4.39 Å². The summed E-state index contributed by atoms with van der Waals surface area (Å²) in [4.78, 5) is 27.6. The predicted molar refractivity (Wildman–Crippen MR) is 106 cm³/mol. The number of halogens is 1. The van der Waals surface area contributed by atoms with E-state index in [1.165, 1.54) is 4.90 Å². The van der Waals surface area contributed by atoms with Gasteiger partial charge in [0.15, 0.2) is 0 Å². The first-order chi connectivity index (χ1) is 14.1. The van der Waals surface area contributed by atoms with Crippen molar-refractivity contribution in [2.24, 2.45) is 0 Å². The molecule has 154 valence electrons. The minimum absolute atomic E-state index is 0.114. The summed E-state index contributed by atoms with van der Waals surface area (Å²) < 4.78 is 21.0. The maximum absolute atomic E-state index is 13.6. The average Bonchev–Trinajstić information content (AvgIpc) is 3.36. The summed E-state index contributed by atoms with van der Waals surface area (Å²) in [5.74, 6) is -0.443. The topological polar surface area (TPSA) is 63.6 Å². The van der Waals surface area contributed by atoms with Gasteiger partial charge in [0.05, 0.1) is 37.1 Å². The molecule has 4 rings (SSSR count). The third-order valence-electron chi connectivity index (χ3n) is 5.70. The van der Waals surface area contributed by atoms with E-state index in [1.54, 1.807) is 6.07 Å². The molecule has 0 bridgehead atoms. The van der Waals surface area contributed by atoms with Gasteiger partial charge in [-0.05, 0) is 24.5 Å². The van der Waals surface area contributed by atoms with Gasteiger partial charge in [0.25, 0.3) is 11.8 Å². The average molecular weight is 399 g/mol. The lowest BCUT2D eigenvalue weighted by atomic mass is 10.0. The van der Waals surface area contributed by atoms with E-state index in [0.29, 0.717) is 43.1 Å². The fraction of sp³-hybridized carbons (Fsp3) is 0.455. The van der Waals surface area contributed by atoms with E-state index in [0.717, 1.165) is 12.0 Å². The molecule has 1 saturated heterocycles. The van der Waals surface area contributed by atoms with Crippen LogP contribution >= 0.6 is 0 Å². The Balaban J connectivity index is 1.61. The third-order valence-corrected chi connectivity index (χ3v) is 5.70. The Kier molecular flexibility index (Phi) is 5.67. The molecule has 0 radical (unpaired) electrons. The number of nitrogens with one attached hydrogen (secondary N) is 1. The Morgan fingerprint density at radius 1 is 1.28 bits per heavy atom. The van der Waals surface area contributed by atoms with Crippen LogP contribution in [-0.2, 0) is 17.9 Å². The van der Waals surface area contributed by atoms with Crippen LogP contribution in [0.2, 0.25) is 0 Å². The first-order valence-corrected chi connectivity index (χ1v) is 10.2. The van der Waals surface area contributed by atoms with Gasteiger partial charge in [0.2, 0.25) is 0 Å². The minimum Gasteiger partial charge on any atom is -0.373 e. The zero-order valence-electron chi connectivity index (χ0n) is 16.6. The van der Waals surface area contributed by atoms with Crippen molar-refractivity contribution < 1.29 is 18.7 Å². The number of benzene rings is 1. The van der Waals surface area contributed by atoms with Crippen molar-refractivity contribution in [2.45, 2.75) is 45.1 Å². The van der Waals surface area contributed by atoms with Gasteiger partial charge in [-0.2, -0.15) is 0 Å². The number of ether oxygens (including phenoxy) is 1. The summed E-state index contributed by atoms with van der Waals surface area (Å²) >= 11 is 0. The largest absolute Gasteiger partial charge is 0.373 e. The van der Waals surface area contributed by atoms with E-state index in [2.05, 4.69) is 5.32 Å². The van der Waals surface area contributed by atoms with Crippen molar-refractivity contribution in [3.8, 4) is 0 Å². The number of amides is 2. The number of nitrogens with zero attached hydrogens (tertiary/aromatic N) is 2. The molecule has 2 aliphatic heterocycles. The van der Waals surface area contributed by atoms with Crippen LogP contribution in [0, 0.1) is 0 Å². The van der Waals surface area contributed by atoms with Crippen molar-refractivity contribution >= 4 is 11.8 Å². The summed E-state index contributed by atoms with van der Waals surface area (Å²) in [6.45, 7) is 3.81. The number of carbonyl (C=O) groups excluding carboxylic acids is 2. The highest BCUT2D eigenvalue weighted by Gasteiger charge is 2.32. The Hall–Kier alpha value is -2.67. The first-order valence-electron chi connectivity index (χ1n) is 10.2. The van der Waals surface area contributed by atoms with Crippen LogP contribution in [0.25, 0.3) is 0 Å². The Labute approximate surface area is 169 Å². The van der Waals surface area contributed by atoms with Crippen molar-refractivity contribution in [1.82, 2.24) is 14.8 Å². The van der Waals surface area contributed by atoms with Gasteiger partial charge in [-0.15, -0.1) is 0 Å². The molecular formula is C22H26FN3O3. The fourth-order valence-corrected chi connectivity index (χ4v) is 4.10. The summed E-state index contributed by atoms with van der Waals surface area (Å²) in [5, 5.41) is 3.09. The van der Waals surface area contributed by atoms with E-state index in [4.69, 9.17) is 4.74 Å². The lowest BCUT2D eigenvalue weighted by Gasteiger charge is -2.22. The molecule has 1 aromatic heterocycles. The zero-order chi connectivity index (χ0) is 20.4. The lowest BCUT2D eigenvalue weighted by molar-refractivity contribution is 0.0708. The van der Waals surface area contributed by atoms with Gasteiger partial charge in [0.1, 0.15) is 11.9 Å². The molecule has 1 fully saturated rings. The van der Waals surface area contributed by atoms with E-state index >= 15 is 0 Å². The van der Waals surface area contributed by atoms with Crippen LogP contribution in [0.5, 0.6) is 0 Å². The number of hydrogen-bond donors (Lipinski definition) is 1. The molecule has 1 N–H and O–H groups in total. The second kappa shape index (κ2) is 8.37.